The van der Waals surface area contributed by atoms with Gasteiger partial charge < -0.3 is 14.5 Å². The molecule has 0 N–H and O–H groups in total. The quantitative estimate of drug-likeness (QED) is 0.657. The summed E-state index contributed by atoms with van der Waals surface area (Å²) in [6, 6.07) is 12.6. The fourth-order valence-corrected chi connectivity index (χ4v) is 3.03. The van der Waals surface area contributed by atoms with E-state index in [1.807, 2.05) is 24.3 Å². The summed E-state index contributed by atoms with van der Waals surface area (Å²) < 4.78 is 4.71. The number of carbonyl (C=O) groups is 2. The highest BCUT2D eigenvalue weighted by Crippen LogP contribution is 2.27. The number of para-hydroxylation sites is 1. The van der Waals surface area contributed by atoms with Gasteiger partial charge in [-0.1, -0.05) is 23.0 Å². The Labute approximate surface area is 148 Å². The average molecular weight is 352 g/mol. The minimum atomic E-state index is -0.468. The lowest BCUT2D eigenvalue weighted by Gasteiger charge is -2.17. The number of hydrogen-bond acceptors (Lipinski definition) is 6. The molecule has 0 spiro atoms. The third kappa shape index (κ3) is 2.75. The van der Waals surface area contributed by atoms with E-state index in [1.165, 1.54) is 7.11 Å². The number of ether oxygens (including phenoxy) is 1. The molecule has 1 aromatic heterocycles. The summed E-state index contributed by atoms with van der Waals surface area (Å²) in [5, 5.41) is 7.85. The number of fused-ring (bicyclic) bond motifs is 2. The maximum absolute atomic E-state index is 12.5. The SMILES string of the molecule is COC(=O)c1ccc2nnn(OCC(=O)N3CCc4ccccc43)c2c1. The molecule has 0 bridgehead atoms. The number of aromatic nitrogens is 3. The number of benzene rings is 2. The Morgan fingerprint density at radius 1 is 1.19 bits per heavy atom. The van der Waals surface area contributed by atoms with Crippen molar-refractivity contribution in [2.45, 2.75) is 6.42 Å². The largest absolute Gasteiger partial charge is 0.465 e. The summed E-state index contributed by atoms with van der Waals surface area (Å²) in [4.78, 5) is 32.6. The minimum absolute atomic E-state index is 0.164. The van der Waals surface area contributed by atoms with Gasteiger partial charge in [-0.2, -0.15) is 0 Å². The van der Waals surface area contributed by atoms with Gasteiger partial charge in [0.1, 0.15) is 11.0 Å². The zero-order valence-electron chi connectivity index (χ0n) is 14.1. The minimum Gasteiger partial charge on any atom is -0.465 e. The molecule has 26 heavy (non-hydrogen) atoms. The summed E-state index contributed by atoms with van der Waals surface area (Å²) in [5.41, 5.74) is 3.46. The first-order valence-electron chi connectivity index (χ1n) is 8.13. The van der Waals surface area contributed by atoms with Crippen LogP contribution in [0.1, 0.15) is 15.9 Å². The van der Waals surface area contributed by atoms with Crippen LogP contribution in [0.15, 0.2) is 42.5 Å². The summed E-state index contributed by atoms with van der Waals surface area (Å²) in [6.07, 6.45) is 0.830. The van der Waals surface area contributed by atoms with E-state index in [2.05, 4.69) is 10.3 Å². The van der Waals surface area contributed by atoms with E-state index in [0.717, 1.165) is 22.5 Å². The second-order valence-electron chi connectivity index (χ2n) is 5.85. The molecule has 0 saturated heterocycles. The zero-order valence-corrected chi connectivity index (χ0v) is 14.1. The monoisotopic (exact) mass is 352 g/mol. The second kappa shape index (κ2) is 6.47. The molecule has 0 aliphatic carbocycles. The summed E-state index contributed by atoms with van der Waals surface area (Å²) in [5.74, 6) is -0.632. The molecule has 0 saturated carbocycles. The van der Waals surface area contributed by atoms with E-state index in [0.29, 0.717) is 23.1 Å². The fourth-order valence-electron chi connectivity index (χ4n) is 3.03. The van der Waals surface area contributed by atoms with Crippen molar-refractivity contribution >= 4 is 28.6 Å². The van der Waals surface area contributed by atoms with Gasteiger partial charge in [-0.05, 0) is 41.5 Å². The van der Waals surface area contributed by atoms with Crippen molar-refractivity contribution in [3.63, 3.8) is 0 Å². The highest BCUT2D eigenvalue weighted by atomic mass is 16.7. The lowest BCUT2D eigenvalue weighted by atomic mass is 10.2. The molecule has 2 aromatic carbocycles. The van der Waals surface area contributed by atoms with Crippen molar-refractivity contribution in [1.82, 2.24) is 15.2 Å². The van der Waals surface area contributed by atoms with Crippen molar-refractivity contribution in [1.29, 1.82) is 0 Å². The Kier molecular flexibility index (Phi) is 4.00. The average Bonchev–Trinajstić information content (AvgIpc) is 3.29. The van der Waals surface area contributed by atoms with E-state index in [-0.39, 0.29) is 12.5 Å². The van der Waals surface area contributed by atoms with Crippen LogP contribution in [0.4, 0.5) is 5.69 Å². The van der Waals surface area contributed by atoms with Gasteiger partial charge >= 0.3 is 5.97 Å². The molecule has 0 radical (unpaired) electrons. The van der Waals surface area contributed by atoms with Crippen molar-refractivity contribution in [3.05, 3.63) is 53.6 Å². The highest BCUT2D eigenvalue weighted by molar-refractivity contribution is 5.96. The first-order valence-corrected chi connectivity index (χ1v) is 8.13. The van der Waals surface area contributed by atoms with Crippen molar-refractivity contribution < 1.29 is 19.2 Å². The van der Waals surface area contributed by atoms with Crippen molar-refractivity contribution in [3.8, 4) is 0 Å². The normalized spacial score (nSPS) is 12.9. The molecule has 1 aliphatic heterocycles. The number of anilines is 1. The standard InChI is InChI=1S/C18H16N4O4/c1-25-18(24)13-6-7-14-16(10-13)22(20-19-14)26-11-17(23)21-9-8-12-4-2-3-5-15(12)21/h2-7,10H,8-9,11H2,1H3. The molecule has 8 heteroatoms. The van der Waals surface area contributed by atoms with E-state index >= 15 is 0 Å². The number of hydrogen-bond donors (Lipinski definition) is 0. The number of esters is 1. The summed E-state index contributed by atoms with van der Waals surface area (Å²) in [6.45, 7) is 0.446. The van der Waals surface area contributed by atoms with Gasteiger partial charge in [-0.3, -0.25) is 4.79 Å². The molecule has 1 amide bonds. The molecular weight excluding hydrogens is 336 g/mol. The van der Waals surface area contributed by atoms with Crippen molar-refractivity contribution in [2.75, 3.05) is 25.2 Å². The van der Waals surface area contributed by atoms with Gasteiger partial charge in [0.15, 0.2) is 6.61 Å². The number of nitrogens with zero attached hydrogens (tertiary/aromatic N) is 4. The number of methoxy groups -OCH3 is 1. The number of rotatable bonds is 4. The maximum atomic E-state index is 12.5. The van der Waals surface area contributed by atoms with Crippen LogP contribution >= 0.6 is 0 Å². The Balaban J connectivity index is 1.51. The van der Waals surface area contributed by atoms with Gasteiger partial charge in [0, 0.05) is 12.2 Å². The molecule has 1 aliphatic rings. The number of carbonyl (C=O) groups excluding carboxylic acids is 2. The van der Waals surface area contributed by atoms with Crippen LogP contribution < -0.4 is 9.74 Å². The smallest absolute Gasteiger partial charge is 0.337 e. The van der Waals surface area contributed by atoms with Crippen LogP contribution in [-0.2, 0) is 16.0 Å². The maximum Gasteiger partial charge on any atom is 0.337 e. The van der Waals surface area contributed by atoms with Gasteiger partial charge in [0.2, 0.25) is 0 Å². The second-order valence-corrected chi connectivity index (χ2v) is 5.85. The number of amides is 1. The Hall–Kier alpha value is -3.42. The zero-order chi connectivity index (χ0) is 18.1. The Morgan fingerprint density at radius 3 is 2.88 bits per heavy atom. The van der Waals surface area contributed by atoms with Gasteiger partial charge in [0.05, 0.1) is 12.7 Å². The summed E-state index contributed by atoms with van der Waals surface area (Å²) >= 11 is 0. The topological polar surface area (TPSA) is 86.5 Å². The fraction of sp³-hybridized carbons (Fsp3) is 0.222. The van der Waals surface area contributed by atoms with Crippen LogP contribution in [0.5, 0.6) is 0 Å². The first-order chi connectivity index (χ1) is 12.7. The van der Waals surface area contributed by atoms with E-state index in [9.17, 15) is 9.59 Å². The van der Waals surface area contributed by atoms with Crippen LogP contribution in [0.2, 0.25) is 0 Å². The van der Waals surface area contributed by atoms with Crippen LogP contribution in [0.3, 0.4) is 0 Å². The lowest BCUT2D eigenvalue weighted by molar-refractivity contribution is -0.123. The Morgan fingerprint density at radius 2 is 2.04 bits per heavy atom. The van der Waals surface area contributed by atoms with Crippen LogP contribution in [0, 0.1) is 0 Å². The molecule has 3 aromatic rings. The Bertz CT molecular complexity index is 998. The third-order valence-corrected chi connectivity index (χ3v) is 4.33. The van der Waals surface area contributed by atoms with Gasteiger partial charge in [-0.15, -0.1) is 5.10 Å². The molecule has 0 atom stereocenters. The molecule has 4 rings (SSSR count). The summed E-state index contributed by atoms with van der Waals surface area (Å²) in [7, 11) is 1.31. The van der Waals surface area contributed by atoms with Crippen molar-refractivity contribution in [2.24, 2.45) is 0 Å². The van der Waals surface area contributed by atoms with Crippen LogP contribution in [0.25, 0.3) is 11.0 Å². The van der Waals surface area contributed by atoms with E-state index in [1.54, 1.807) is 23.1 Å². The predicted molar refractivity (Wildman–Crippen MR) is 92.8 cm³/mol. The van der Waals surface area contributed by atoms with Gasteiger partial charge in [0.25, 0.3) is 5.91 Å². The molecule has 2 heterocycles. The molecule has 8 nitrogen and oxygen atoms in total. The first kappa shape index (κ1) is 16.1. The predicted octanol–water partition coefficient (Wildman–Crippen LogP) is 1.24. The molecule has 0 unspecified atom stereocenters. The van der Waals surface area contributed by atoms with E-state index in [4.69, 9.17) is 9.57 Å². The molecular formula is C18H16N4O4. The lowest BCUT2D eigenvalue weighted by Crippen LogP contribution is -2.35. The molecule has 0 fully saturated rings. The van der Waals surface area contributed by atoms with E-state index < -0.39 is 5.97 Å². The highest BCUT2D eigenvalue weighted by Gasteiger charge is 2.24. The molecule has 132 valence electrons. The van der Waals surface area contributed by atoms with Crippen LogP contribution in [-0.4, -0.2) is 47.3 Å². The third-order valence-electron chi connectivity index (χ3n) is 4.33. The van der Waals surface area contributed by atoms with Gasteiger partial charge in [-0.25, -0.2) is 4.79 Å².